The summed E-state index contributed by atoms with van der Waals surface area (Å²) in [6.45, 7) is 4.38. The van der Waals surface area contributed by atoms with Gasteiger partial charge in [0, 0.05) is 0 Å². The maximum absolute atomic E-state index is 16.3. The first-order valence-corrected chi connectivity index (χ1v) is 26.8. The summed E-state index contributed by atoms with van der Waals surface area (Å²) in [4.78, 5) is 32.3. The molecule has 0 amide bonds. The Balaban J connectivity index is 1.18. The summed E-state index contributed by atoms with van der Waals surface area (Å²) in [6, 6.07) is -0.873. The first-order valence-electron chi connectivity index (χ1n) is 26.8. The fourth-order valence-electron chi connectivity index (χ4n) is 26.1. The molecule has 5 nitrogen and oxygen atoms in total. The second-order valence-corrected chi connectivity index (χ2v) is 26.3. The molecule has 5 heteroatoms. The van der Waals surface area contributed by atoms with E-state index in [0.717, 1.165) is 0 Å². The summed E-state index contributed by atoms with van der Waals surface area (Å²) < 4.78 is 12.8. The molecule has 5 aliphatic rings. The molecule has 1 N–H and O–H groups in total. The number of esters is 2. The standard InChI is InChI=1S/C68H13NO4/c1-4-73-65(71)66(2)68-61-55-49-39-27-19-11-7-5-6-9-13(11)21(27)31-25-17(9)18-10(6)14-12-8(5)16-15(7)23-29(19)37-43-33(23)34-24(16)30-20(12)28-22(14)32-26(18)36-35(25)47(41(31)49)57(61)58-48(36)42(32)50-40(28)46-38(30)44(34)52-51(43)59(53(55)45(37)39)67(68,63(69-66)64(70)72-3)60(52)54(46)56(50)62(58)68/h63,69H,4H2,1-3H3. The van der Waals surface area contributed by atoms with Crippen molar-refractivity contribution in [3.05, 3.63) is 22.3 Å². The largest absolute Gasteiger partial charge is 0.468 e. The SMILES string of the molecule is CCOC(=O)C1(C)NC(C(=O)OC)C23c4c5c6c7c8c9c(c%10c%11c2c2c4c4c%12c5c5c6c6c8c8c%13c9c9c%10c%10c%11c%11c2c2c4c4c%12c%12c5c5c6c8c6c8c%13c9c9c%10c%10c%11c2c2c4c4c%12c5c6c5c8c9c%10c2c45)C713. The third kappa shape index (κ3) is 1.50. The lowest BCUT2D eigenvalue weighted by Gasteiger charge is -2.54. The summed E-state index contributed by atoms with van der Waals surface area (Å²) in [5.74, 6) is -0.553. The van der Waals surface area contributed by atoms with E-state index in [9.17, 15) is 0 Å². The number of carbonyl (C=O) groups is 2. The highest BCUT2D eigenvalue weighted by Gasteiger charge is 2.84. The number of rotatable bonds is 3. The maximum Gasteiger partial charge on any atom is 0.327 e. The van der Waals surface area contributed by atoms with Crippen LogP contribution in [-0.2, 0) is 29.9 Å². The lowest BCUT2D eigenvalue weighted by atomic mass is 9.44. The van der Waals surface area contributed by atoms with Crippen LogP contribution >= 0.6 is 0 Å². The number of ether oxygens (including phenoxy) is 2. The molecule has 2 unspecified atom stereocenters. The Bertz CT molecular complexity index is 7200. The predicted molar refractivity (Wildman–Crippen MR) is 298 cm³/mol. The molecule has 2 atom stereocenters. The molecular formula is C68H13NO4. The summed E-state index contributed by atoms with van der Waals surface area (Å²) in [5.41, 5.74) is 1.81. The van der Waals surface area contributed by atoms with Crippen molar-refractivity contribution in [1.29, 1.82) is 0 Å². The predicted octanol–water partition coefficient (Wildman–Crippen LogP) is 15.8. The minimum absolute atomic E-state index is 0.249. The molecule has 4 aliphatic carbocycles. The maximum atomic E-state index is 16.3. The Kier molecular flexibility index (Phi) is 2.49. The van der Waals surface area contributed by atoms with E-state index in [-0.39, 0.29) is 18.5 Å². The zero-order valence-electron chi connectivity index (χ0n) is 37.9. The average molecular weight is 908 g/mol. The lowest BCUT2D eigenvalue weighted by Crippen LogP contribution is -2.64. The number of methoxy groups -OCH3 is 1. The van der Waals surface area contributed by atoms with Gasteiger partial charge in [-0.05, 0) is 327 Å². The molecule has 1 aliphatic heterocycles. The number of nitrogens with one attached hydrogen (secondary N) is 1. The van der Waals surface area contributed by atoms with Crippen LogP contribution < -0.4 is 5.32 Å². The highest BCUT2D eigenvalue weighted by atomic mass is 16.5. The molecule has 0 aromatic heterocycles. The van der Waals surface area contributed by atoms with Crippen LogP contribution in [0.4, 0.5) is 0 Å². The summed E-state index contributed by atoms with van der Waals surface area (Å²) in [7, 11) is 1.58. The average Bonchev–Trinajstić information content (AvgIpc) is 3.22. The van der Waals surface area contributed by atoms with Gasteiger partial charge in [0.1, 0.15) is 11.6 Å². The smallest absolute Gasteiger partial charge is 0.327 e. The molecule has 73 heavy (non-hydrogen) atoms. The molecule has 28 aromatic rings. The van der Waals surface area contributed by atoms with E-state index in [1.165, 1.54) is 238 Å². The first-order chi connectivity index (χ1) is 36.0. The van der Waals surface area contributed by atoms with Crippen LogP contribution in [0.2, 0.25) is 0 Å². The van der Waals surface area contributed by atoms with Crippen molar-refractivity contribution in [1.82, 2.24) is 5.32 Å². The quantitative estimate of drug-likeness (QED) is 0.141. The van der Waals surface area contributed by atoms with Gasteiger partial charge in [-0.3, -0.25) is 14.9 Å². The van der Waals surface area contributed by atoms with E-state index in [2.05, 4.69) is 12.2 Å². The van der Waals surface area contributed by atoms with Crippen molar-refractivity contribution in [2.24, 2.45) is 0 Å². The van der Waals surface area contributed by atoms with E-state index < -0.39 is 22.4 Å². The molecular weight excluding hydrogens is 895 g/mol. The minimum atomic E-state index is -1.37. The van der Waals surface area contributed by atoms with Gasteiger partial charge in [0.2, 0.25) is 0 Å². The van der Waals surface area contributed by atoms with Crippen LogP contribution in [0, 0.1) is 0 Å². The van der Waals surface area contributed by atoms with Gasteiger partial charge in [0.15, 0.2) is 0 Å². The second kappa shape index (κ2) is 6.39. The molecule has 1 fully saturated rings. The Morgan fingerprint density at radius 3 is 0.726 bits per heavy atom. The molecule has 0 radical (unpaired) electrons. The van der Waals surface area contributed by atoms with Gasteiger partial charge in [-0.15, -0.1) is 0 Å². The van der Waals surface area contributed by atoms with Gasteiger partial charge in [-0.1, -0.05) is 0 Å². The van der Waals surface area contributed by atoms with Gasteiger partial charge in [-0.25, -0.2) is 0 Å². The van der Waals surface area contributed by atoms with Crippen LogP contribution in [-0.4, -0.2) is 37.2 Å². The van der Waals surface area contributed by atoms with Gasteiger partial charge in [0.25, 0.3) is 0 Å². The topological polar surface area (TPSA) is 64.6 Å². The number of carbonyl (C=O) groups excluding carboxylic acids is 2. The van der Waals surface area contributed by atoms with Crippen molar-refractivity contribution in [2.45, 2.75) is 36.3 Å². The molecule has 314 valence electrons. The molecule has 33 rings (SSSR count). The fourth-order valence-corrected chi connectivity index (χ4v) is 26.1. The number of hydrogen-bond donors (Lipinski definition) is 1. The zero-order chi connectivity index (χ0) is 44.5. The van der Waals surface area contributed by atoms with Gasteiger partial charge < -0.3 is 9.47 Å². The fraction of sp³-hybridized carbons (Fsp3) is 0.118. The van der Waals surface area contributed by atoms with Crippen molar-refractivity contribution < 1.29 is 19.1 Å². The highest BCUT2D eigenvalue weighted by Crippen LogP contribution is 2.87. The second-order valence-electron chi connectivity index (χ2n) is 26.3. The van der Waals surface area contributed by atoms with E-state index in [0.29, 0.717) is 0 Å². The van der Waals surface area contributed by atoms with E-state index >= 15 is 9.59 Å². The van der Waals surface area contributed by atoms with Crippen molar-refractivity contribution >= 4 is 303 Å². The van der Waals surface area contributed by atoms with Crippen molar-refractivity contribution in [3.8, 4) is 0 Å². The Hall–Kier alpha value is -8.64. The van der Waals surface area contributed by atoms with Crippen LogP contribution in [0.5, 0.6) is 0 Å². The molecule has 28 aromatic carbocycles. The first kappa shape index (κ1) is 28.4. The number of hydrogen-bond acceptors (Lipinski definition) is 5. The summed E-state index contributed by atoms with van der Waals surface area (Å²) >= 11 is 0. The number of benzene rings is 18. The third-order valence-electron chi connectivity index (χ3n) is 26.1. The van der Waals surface area contributed by atoms with E-state index in [4.69, 9.17) is 9.47 Å². The molecule has 1 saturated heterocycles. The van der Waals surface area contributed by atoms with E-state index in [1.54, 1.807) is 82.5 Å². The Morgan fingerprint density at radius 1 is 0.342 bits per heavy atom. The van der Waals surface area contributed by atoms with Crippen LogP contribution in [0.15, 0.2) is 0 Å². The van der Waals surface area contributed by atoms with Gasteiger partial charge in [0.05, 0.1) is 24.5 Å². The van der Waals surface area contributed by atoms with Crippen molar-refractivity contribution in [3.63, 3.8) is 0 Å². The monoisotopic (exact) mass is 907 g/mol. The normalized spacial score (nSPS) is 25.1. The van der Waals surface area contributed by atoms with Crippen LogP contribution in [0.1, 0.15) is 36.1 Å². The van der Waals surface area contributed by atoms with Gasteiger partial charge >= 0.3 is 11.9 Å². The minimum Gasteiger partial charge on any atom is -0.468 e. The van der Waals surface area contributed by atoms with E-state index in [1.807, 2.05) is 6.92 Å². The highest BCUT2D eigenvalue weighted by molar-refractivity contribution is 6.82. The lowest BCUT2D eigenvalue weighted by molar-refractivity contribution is -0.152. The van der Waals surface area contributed by atoms with Crippen LogP contribution in [0.25, 0.3) is 291 Å². The van der Waals surface area contributed by atoms with Crippen LogP contribution in [0.3, 0.4) is 0 Å². The summed E-state index contributed by atoms with van der Waals surface area (Å²) in [6.07, 6.45) is 0. The van der Waals surface area contributed by atoms with Crippen molar-refractivity contribution in [2.75, 3.05) is 13.7 Å². The Labute approximate surface area is 397 Å². The molecule has 0 saturated carbocycles. The Morgan fingerprint density at radius 2 is 0.534 bits per heavy atom. The zero-order valence-corrected chi connectivity index (χ0v) is 37.9. The third-order valence-corrected chi connectivity index (χ3v) is 26.1. The summed E-state index contributed by atoms with van der Waals surface area (Å²) in [5, 5.41) is 84.6. The molecule has 0 bridgehead atoms. The molecule has 1 heterocycles. The molecule has 2 spiro atoms. The van der Waals surface area contributed by atoms with Gasteiger partial charge in [-0.2, -0.15) is 0 Å².